The van der Waals surface area contributed by atoms with E-state index in [0.717, 1.165) is 12.8 Å². The van der Waals surface area contributed by atoms with Gasteiger partial charge in [-0.1, -0.05) is 0 Å². The molecule has 0 fully saturated rings. The topological polar surface area (TPSA) is 46.9 Å². The van der Waals surface area contributed by atoms with Gasteiger partial charge >= 0.3 is 0 Å². The zero-order chi connectivity index (χ0) is 10.7. The summed E-state index contributed by atoms with van der Waals surface area (Å²) >= 11 is 0. The number of imidazole rings is 1. The number of aromatic nitrogens is 2. The van der Waals surface area contributed by atoms with Crippen molar-refractivity contribution >= 4 is 5.91 Å². The standard InChI is InChI=1S/C11H17N3O/c1-2-12-11(15)7-14-8-13-9-5-3-4-6-10(9)14/h8H,2-7H2,1H3,(H,12,15). The van der Waals surface area contributed by atoms with Crippen molar-refractivity contribution < 1.29 is 4.79 Å². The Hall–Kier alpha value is -1.32. The van der Waals surface area contributed by atoms with Crippen molar-refractivity contribution in [3.63, 3.8) is 0 Å². The van der Waals surface area contributed by atoms with Crippen LogP contribution in [-0.4, -0.2) is 22.0 Å². The highest BCUT2D eigenvalue weighted by Gasteiger charge is 2.16. The molecule has 0 saturated carbocycles. The van der Waals surface area contributed by atoms with Crippen LogP contribution >= 0.6 is 0 Å². The monoisotopic (exact) mass is 207 g/mol. The molecule has 0 spiro atoms. The van der Waals surface area contributed by atoms with Gasteiger partial charge in [-0.15, -0.1) is 0 Å². The summed E-state index contributed by atoms with van der Waals surface area (Å²) in [6.45, 7) is 3.03. The number of rotatable bonds is 3. The largest absolute Gasteiger partial charge is 0.355 e. The molecule has 1 heterocycles. The highest BCUT2D eigenvalue weighted by molar-refractivity contribution is 5.75. The first-order chi connectivity index (χ1) is 7.31. The Balaban J connectivity index is 2.08. The Kier molecular flexibility index (Phi) is 3.04. The third-order valence-corrected chi connectivity index (χ3v) is 2.80. The van der Waals surface area contributed by atoms with Crippen molar-refractivity contribution in [2.75, 3.05) is 6.54 Å². The number of fused-ring (bicyclic) bond motifs is 1. The molecular weight excluding hydrogens is 190 g/mol. The number of likely N-dealkylation sites (N-methyl/N-ethyl adjacent to an activating group) is 1. The smallest absolute Gasteiger partial charge is 0.239 e. The summed E-state index contributed by atoms with van der Waals surface area (Å²) in [4.78, 5) is 15.8. The number of carbonyl (C=O) groups excluding carboxylic acids is 1. The van der Waals surface area contributed by atoms with E-state index in [1.807, 2.05) is 11.5 Å². The van der Waals surface area contributed by atoms with E-state index in [2.05, 4.69) is 10.3 Å². The van der Waals surface area contributed by atoms with Crippen molar-refractivity contribution in [3.05, 3.63) is 17.7 Å². The number of nitrogens with one attached hydrogen (secondary N) is 1. The number of hydrogen-bond donors (Lipinski definition) is 1. The van der Waals surface area contributed by atoms with E-state index in [1.165, 1.54) is 24.2 Å². The number of hydrogen-bond acceptors (Lipinski definition) is 2. The molecule has 0 saturated heterocycles. The van der Waals surface area contributed by atoms with Crippen LogP contribution in [0.15, 0.2) is 6.33 Å². The predicted molar refractivity (Wildman–Crippen MR) is 57.6 cm³/mol. The lowest BCUT2D eigenvalue weighted by Gasteiger charge is -2.13. The van der Waals surface area contributed by atoms with Gasteiger partial charge in [0, 0.05) is 12.2 Å². The van der Waals surface area contributed by atoms with Crippen LogP contribution in [0.25, 0.3) is 0 Å². The highest BCUT2D eigenvalue weighted by Crippen LogP contribution is 2.19. The summed E-state index contributed by atoms with van der Waals surface area (Å²) < 4.78 is 1.99. The zero-order valence-corrected chi connectivity index (χ0v) is 9.12. The molecule has 1 amide bonds. The Morgan fingerprint density at radius 3 is 3.13 bits per heavy atom. The fourth-order valence-corrected chi connectivity index (χ4v) is 2.08. The predicted octanol–water partition coefficient (Wildman–Crippen LogP) is 0.898. The minimum atomic E-state index is 0.0725. The molecule has 1 aromatic heterocycles. The van der Waals surface area contributed by atoms with Crippen LogP contribution in [0.2, 0.25) is 0 Å². The Bertz CT molecular complexity index is 357. The van der Waals surface area contributed by atoms with E-state index in [4.69, 9.17) is 0 Å². The zero-order valence-electron chi connectivity index (χ0n) is 9.12. The number of carbonyl (C=O) groups is 1. The van der Waals surface area contributed by atoms with E-state index in [-0.39, 0.29) is 5.91 Å². The van der Waals surface area contributed by atoms with Gasteiger partial charge in [-0.25, -0.2) is 4.98 Å². The van der Waals surface area contributed by atoms with Gasteiger partial charge < -0.3 is 9.88 Å². The number of aryl methyl sites for hydroxylation is 1. The quantitative estimate of drug-likeness (QED) is 0.800. The minimum absolute atomic E-state index is 0.0725. The van der Waals surface area contributed by atoms with Gasteiger partial charge in [-0.2, -0.15) is 0 Å². The molecule has 4 heteroatoms. The molecule has 0 bridgehead atoms. The van der Waals surface area contributed by atoms with E-state index in [0.29, 0.717) is 13.1 Å². The average molecular weight is 207 g/mol. The van der Waals surface area contributed by atoms with Crippen LogP contribution in [0.1, 0.15) is 31.2 Å². The highest BCUT2D eigenvalue weighted by atomic mass is 16.1. The van der Waals surface area contributed by atoms with Gasteiger partial charge in [0.15, 0.2) is 0 Å². The Morgan fingerprint density at radius 2 is 2.33 bits per heavy atom. The SMILES string of the molecule is CCNC(=O)Cn1cnc2c1CCCC2. The average Bonchev–Trinajstić information content (AvgIpc) is 2.62. The van der Waals surface area contributed by atoms with Crippen LogP contribution < -0.4 is 5.32 Å². The summed E-state index contributed by atoms with van der Waals surface area (Å²) in [6, 6.07) is 0. The lowest BCUT2D eigenvalue weighted by atomic mass is 10.0. The summed E-state index contributed by atoms with van der Waals surface area (Å²) in [5.74, 6) is 0.0725. The third-order valence-electron chi connectivity index (χ3n) is 2.80. The summed E-state index contributed by atoms with van der Waals surface area (Å²) in [5.41, 5.74) is 2.44. The Labute approximate surface area is 89.7 Å². The van der Waals surface area contributed by atoms with Crippen LogP contribution in [0.4, 0.5) is 0 Å². The molecule has 15 heavy (non-hydrogen) atoms. The molecule has 1 aliphatic carbocycles. The maximum Gasteiger partial charge on any atom is 0.239 e. The van der Waals surface area contributed by atoms with Crippen molar-refractivity contribution in [2.45, 2.75) is 39.2 Å². The third kappa shape index (κ3) is 2.19. The van der Waals surface area contributed by atoms with Gasteiger partial charge in [0.25, 0.3) is 0 Å². The van der Waals surface area contributed by atoms with Crippen LogP contribution in [-0.2, 0) is 24.2 Å². The normalized spacial score (nSPS) is 14.7. The molecule has 0 radical (unpaired) electrons. The molecule has 0 aromatic carbocycles. The number of nitrogens with zero attached hydrogens (tertiary/aromatic N) is 2. The summed E-state index contributed by atoms with van der Waals surface area (Å²) in [7, 11) is 0. The number of amides is 1. The summed E-state index contributed by atoms with van der Waals surface area (Å²) in [6.07, 6.45) is 6.37. The van der Waals surface area contributed by atoms with Gasteiger partial charge in [0.1, 0.15) is 6.54 Å². The van der Waals surface area contributed by atoms with Crippen molar-refractivity contribution in [1.29, 1.82) is 0 Å². The van der Waals surface area contributed by atoms with Crippen LogP contribution in [0, 0.1) is 0 Å². The second kappa shape index (κ2) is 4.47. The second-order valence-corrected chi connectivity index (χ2v) is 3.93. The molecule has 82 valence electrons. The molecule has 0 unspecified atom stereocenters. The van der Waals surface area contributed by atoms with Crippen LogP contribution in [0.3, 0.4) is 0 Å². The van der Waals surface area contributed by atoms with E-state index < -0.39 is 0 Å². The molecule has 1 aliphatic rings. The molecule has 1 aromatic rings. The summed E-state index contributed by atoms with van der Waals surface area (Å²) in [5, 5.41) is 2.80. The molecule has 2 rings (SSSR count). The van der Waals surface area contributed by atoms with Gasteiger partial charge in [-0.3, -0.25) is 4.79 Å². The fraction of sp³-hybridized carbons (Fsp3) is 0.636. The maximum absolute atomic E-state index is 11.4. The second-order valence-electron chi connectivity index (χ2n) is 3.93. The van der Waals surface area contributed by atoms with Crippen molar-refractivity contribution in [1.82, 2.24) is 14.9 Å². The van der Waals surface area contributed by atoms with Crippen molar-refractivity contribution in [3.8, 4) is 0 Å². The van der Waals surface area contributed by atoms with Gasteiger partial charge in [0.05, 0.1) is 12.0 Å². The molecular formula is C11H17N3O. The first-order valence-electron chi connectivity index (χ1n) is 5.61. The molecule has 4 nitrogen and oxygen atoms in total. The molecule has 0 aliphatic heterocycles. The minimum Gasteiger partial charge on any atom is -0.355 e. The van der Waals surface area contributed by atoms with E-state index in [9.17, 15) is 4.79 Å². The molecule has 1 N–H and O–H groups in total. The van der Waals surface area contributed by atoms with E-state index in [1.54, 1.807) is 6.33 Å². The van der Waals surface area contributed by atoms with E-state index >= 15 is 0 Å². The lowest BCUT2D eigenvalue weighted by Crippen LogP contribution is -2.27. The fourth-order valence-electron chi connectivity index (χ4n) is 2.08. The maximum atomic E-state index is 11.4. The first kappa shape index (κ1) is 10.2. The lowest BCUT2D eigenvalue weighted by molar-refractivity contribution is -0.121. The Morgan fingerprint density at radius 1 is 1.53 bits per heavy atom. The molecule has 0 atom stereocenters. The van der Waals surface area contributed by atoms with Crippen LogP contribution in [0.5, 0.6) is 0 Å². The first-order valence-corrected chi connectivity index (χ1v) is 5.61. The van der Waals surface area contributed by atoms with Gasteiger partial charge in [0.2, 0.25) is 5.91 Å². The van der Waals surface area contributed by atoms with Gasteiger partial charge in [-0.05, 0) is 32.6 Å². The van der Waals surface area contributed by atoms with Crippen molar-refractivity contribution in [2.24, 2.45) is 0 Å².